The summed E-state index contributed by atoms with van der Waals surface area (Å²) < 4.78 is 16.8. The monoisotopic (exact) mass is 1080 g/mol. The highest BCUT2D eigenvalue weighted by Gasteiger charge is 2.19. The highest BCUT2D eigenvalue weighted by atomic mass is 16.6. The van der Waals surface area contributed by atoms with E-state index in [1.54, 1.807) is 0 Å². The van der Waals surface area contributed by atoms with E-state index >= 15 is 0 Å². The molecule has 6 nitrogen and oxygen atoms in total. The Balaban J connectivity index is 3.92. The summed E-state index contributed by atoms with van der Waals surface area (Å²) >= 11 is 0. The summed E-state index contributed by atoms with van der Waals surface area (Å²) in [5.74, 6) is -0.851. The molecule has 454 valence electrons. The van der Waals surface area contributed by atoms with Crippen molar-refractivity contribution in [3.05, 3.63) is 24.3 Å². The Labute approximate surface area is 481 Å². The first-order valence-electron chi connectivity index (χ1n) is 34.8. The molecular formula is C71H134O6. The van der Waals surface area contributed by atoms with Crippen LogP contribution in [0.15, 0.2) is 24.3 Å². The maximum Gasteiger partial charge on any atom is 0.306 e. The lowest BCUT2D eigenvalue weighted by atomic mass is 10.0. The molecule has 0 amide bonds. The summed E-state index contributed by atoms with van der Waals surface area (Å²) in [6.07, 6.45) is 81.2. The highest BCUT2D eigenvalue weighted by molar-refractivity contribution is 5.71. The first-order valence-corrected chi connectivity index (χ1v) is 34.8. The van der Waals surface area contributed by atoms with Crippen molar-refractivity contribution in [2.75, 3.05) is 13.2 Å². The molecule has 1 atom stereocenters. The molecule has 0 heterocycles. The van der Waals surface area contributed by atoms with E-state index in [0.29, 0.717) is 19.3 Å². The van der Waals surface area contributed by atoms with Crippen molar-refractivity contribution >= 4 is 17.9 Å². The zero-order chi connectivity index (χ0) is 55.7. The van der Waals surface area contributed by atoms with Gasteiger partial charge in [-0.1, -0.05) is 347 Å². The Bertz CT molecular complexity index is 1240. The number of rotatable bonds is 65. The first-order chi connectivity index (χ1) is 38.0. The van der Waals surface area contributed by atoms with Gasteiger partial charge in [0.25, 0.3) is 0 Å². The SMILES string of the molecule is CCCCCCC/C=C\C/C=C\CCCCCCCCCCCCCCCCCCCC(=O)OCC(COC(=O)CCCCCCC)OC(=O)CCCCCCCCCCCCCCCCCCCCCCCCCCC. The van der Waals surface area contributed by atoms with Gasteiger partial charge >= 0.3 is 17.9 Å². The average Bonchev–Trinajstić information content (AvgIpc) is 3.43. The molecule has 1 unspecified atom stereocenters. The quantitative estimate of drug-likeness (QED) is 0.0261. The number of allylic oxidation sites excluding steroid dienone is 4. The van der Waals surface area contributed by atoms with Crippen molar-refractivity contribution in [1.82, 2.24) is 0 Å². The highest BCUT2D eigenvalue weighted by Crippen LogP contribution is 2.19. The number of unbranched alkanes of at least 4 members (excludes halogenated alkanes) is 50. The van der Waals surface area contributed by atoms with Crippen molar-refractivity contribution in [1.29, 1.82) is 0 Å². The summed E-state index contributed by atoms with van der Waals surface area (Å²) in [5, 5.41) is 0. The van der Waals surface area contributed by atoms with E-state index in [0.717, 1.165) is 70.6 Å². The Morgan fingerprint density at radius 1 is 0.260 bits per heavy atom. The normalized spacial score (nSPS) is 12.1. The van der Waals surface area contributed by atoms with Crippen molar-refractivity contribution in [3.63, 3.8) is 0 Å². The third-order valence-corrected chi connectivity index (χ3v) is 16.0. The number of esters is 3. The van der Waals surface area contributed by atoms with Crippen molar-refractivity contribution in [2.45, 2.75) is 399 Å². The maximum atomic E-state index is 12.9. The Hall–Kier alpha value is -2.11. The lowest BCUT2D eigenvalue weighted by molar-refractivity contribution is -0.167. The fourth-order valence-electron chi connectivity index (χ4n) is 10.7. The molecule has 0 fully saturated rings. The van der Waals surface area contributed by atoms with Gasteiger partial charge in [-0.25, -0.2) is 0 Å². The molecule has 0 aromatic carbocycles. The van der Waals surface area contributed by atoms with Crippen molar-refractivity contribution < 1.29 is 28.6 Å². The predicted octanol–water partition coefficient (Wildman–Crippen LogP) is 23.8. The number of carbonyl (C=O) groups excluding carboxylic acids is 3. The zero-order valence-corrected chi connectivity index (χ0v) is 52.3. The van der Waals surface area contributed by atoms with Crippen LogP contribution in [0.1, 0.15) is 393 Å². The molecule has 0 bridgehead atoms. The number of hydrogen-bond donors (Lipinski definition) is 0. The van der Waals surface area contributed by atoms with E-state index < -0.39 is 6.10 Å². The summed E-state index contributed by atoms with van der Waals surface area (Å²) in [6, 6.07) is 0. The van der Waals surface area contributed by atoms with Gasteiger partial charge in [0.05, 0.1) is 0 Å². The molecule has 0 aromatic rings. The van der Waals surface area contributed by atoms with Gasteiger partial charge in [0.2, 0.25) is 0 Å². The fraction of sp³-hybridized carbons (Fsp3) is 0.901. The Kier molecular flexibility index (Phi) is 64.6. The zero-order valence-electron chi connectivity index (χ0n) is 52.3. The van der Waals surface area contributed by atoms with E-state index in [1.165, 1.54) is 283 Å². The first kappa shape index (κ1) is 74.9. The molecule has 0 spiro atoms. The van der Waals surface area contributed by atoms with Crippen LogP contribution in [-0.2, 0) is 28.6 Å². The van der Waals surface area contributed by atoms with Gasteiger partial charge in [-0.3, -0.25) is 14.4 Å². The van der Waals surface area contributed by atoms with Gasteiger partial charge in [0.15, 0.2) is 6.10 Å². The van der Waals surface area contributed by atoms with Crippen molar-refractivity contribution in [3.8, 4) is 0 Å². The summed E-state index contributed by atoms with van der Waals surface area (Å²) in [7, 11) is 0. The summed E-state index contributed by atoms with van der Waals surface area (Å²) in [5.41, 5.74) is 0. The molecule has 0 aliphatic carbocycles. The number of ether oxygens (including phenoxy) is 3. The second kappa shape index (κ2) is 66.4. The third-order valence-electron chi connectivity index (χ3n) is 16.0. The van der Waals surface area contributed by atoms with E-state index in [-0.39, 0.29) is 31.1 Å². The molecule has 0 radical (unpaired) electrons. The van der Waals surface area contributed by atoms with E-state index in [1.807, 2.05) is 0 Å². The minimum atomic E-state index is -0.764. The van der Waals surface area contributed by atoms with Gasteiger partial charge in [0, 0.05) is 19.3 Å². The third kappa shape index (κ3) is 64.6. The lowest BCUT2D eigenvalue weighted by Crippen LogP contribution is -2.30. The largest absolute Gasteiger partial charge is 0.462 e. The molecule has 0 N–H and O–H groups in total. The second-order valence-electron chi connectivity index (χ2n) is 23.8. The average molecular weight is 1080 g/mol. The van der Waals surface area contributed by atoms with E-state index in [4.69, 9.17) is 14.2 Å². The van der Waals surface area contributed by atoms with Crippen LogP contribution in [0, 0.1) is 0 Å². The standard InChI is InChI=1S/C71H134O6/c1-4-7-10-13-15-17-19-21-23-25-27-29-31-33-34-35-36-38-39-41-43-45-47-49-51-53-55-58-61-64-70(73)76-67-68(66-75-69(72)63-60-57-12-9-6-3)77-71(74)65-62-59-56-54-52-50-48-46-44-42-40-37-32-30-28-26-24-22-20-18-16-14-11-8-5-2/h19,21,25,27,68H,4-18,20,22-24,26,28-67H2,1-3H3/b21-19-,27-25-. The molecule has 6 heteroatoms. The van der Waals surface area contributed by atoms with Gasteiger partial charge < -0.3 is 14.2 Å². The molecule has 0 aliphatic heterocycles. The smallest absolute Gasteiger partial charge is 0.306 e. The number of carbonyl (C=O) groups is 3. The predicted molar refractivity (Wildman–Crippen MR) is 335 cm³/mol. The van der Waals surface area contributed by atoms with Crippen LogP contribution in [0.2, 0.25) is 0 Å². The molecule has 0 saturated heterocycles. The minimum absolute atomic E-state index is 0.0653. The fourth-order valence-corrected chi connectivity index (χ4v) is 10.7. The molecule has 0 aromatic heterocycles. The molecule has 0 rings (SSSR count). The number of hydrogen-bond acceptors (Lipinski definition) is 6. The van der Waals surface area contributed by atoms with Gasteiger partial charge in [0.1, 0.15) is 13.2 Å². The Morgan fingerprint density at radius 3 is 0.714 bits per heavy atom. The van der Waals surface area contributed by atoms with E-state index in [2.05, 4.69) is 45.1 Å². The Morgan fingerprint density at radius 2 is 0.468 bits per heavy atom. The van der Waals surface area contributed by atoms with Crippen LogP contribution >= 0.6 is 0 Å². The molecule has 77 heavy (non-hydrogen) atoms. The van der Waals surface area contributed by atoms with Gasteiger partial charge in [-0.2, -0.15) is 0 Å². The second-order valence-corrected chi connectivity index (χ2v) is 23.8. The van der Waals surface area contributed by atoms with Crippen LogP contribution in [0.5, 0.6) is 0 Å². The lowest BCUT2D eigenvalue weighted by Gasteiger charge is -2.18. The molecule has 0 aliphatic rings. The topological polar surface area (TPSA) is 78.9 Å². The van der Waals surface area contributed by atoms with Crippen molar-refractivity contribution in [2.24, 2.45) is 0 Å². The minimum Gasteiger partial charge on any atom is -0.462 e. The van der Waals surface area contributed by atoms with Crippen LogP contribution < -0.4 is 0 Å². The summed E-state index contributed by atoms with van der Waals surface area (Å²) in [4.78, 5) is 38.0. The summed E-state index contributed by atoms with van der Waals surface area (Å²) in [6.45, 7) is 6.62. The molecular weight excluding hydrogens is 949 g/mol. The van der Waals surface area contributed by atoms with Crippen LogP contribution in [0.25, 0.3) is 0 Å². The van der Waals surface area contributed by atoms with Gasteiger partial charge in [-0.15, -0.1) is 0 Å². The maximum absolute atomic E-state index is 12.9. The molecule has 0 saturated carbocycles. The van der Waals surface area contributed by atoms with E-state index in [9.17, 15) is 14.4 Å². The van der Waals surface area contributed by atoms with Crippen LogP contribution in [-0.4, -0.2) is 37.2 Å². The van der Waals surface area contributed by atoms with Gasteiger partial charge in [-0.05, 0) is 51.4 Å². The van der Waals surface area contributed by atoms with Crippen LogP contribution in [0.3, 0.4) is 0 Å². The van der Waals surface area contributed by atoms with Crippen LogP contribution in [0.4, 0.5) is 0 Å².